The van der Waals surface area contributed by atoms with E-state index >= 15 is 0 Å². The molecule has 21 heavy (non-hydrogen) atoms. The van der Waals surface area contributed by atoms with Crippen LogP contribution in [0.4, 0.5) is 4.39 Å². The van der Waals surface area contributed by atoms with E-state index in [4.69, 9.17) is 16.3 Å². The molecule has 0 aliphatic carbocycles. The van der Waals surface area contributed by atoms with Gasteiger partial charge in [-0.2, -0.15) is 0 Å². The summed E-state index contributed by atoms with van der Waals surface area (Å²) in [7, 11) is 0. The molecule has 0 fully saturated rings. The molecule has 1 atom stereocenters. The summed E-state index contributed by atoms with van der Waals surface area (Å²) in [5.74, 6) is -0.148. The van der Waals surface area contributed by atoms with Crippen LogP contribution in [-0.4, -0.2) is 11.8 Å². The van der Waals surface area contributed by atoms with Gasteiger partial charge in [0.05, 0.1) is 5.92 Å². The van der Waals surface area contributed by atoms with Gasteiger partial charge >= 0.3 is 5.97 Å². The van der Waals surface area contributed by atoms with Gasteiger partial charge in [0.15, 0.2) is 0 Å². The van der Waals surface area contributed by atoms with Crippen molar-refractivity contribution in [3.63, 3.8) is 0 Å². The highest BCUT2D eigenvalue weighted by Crippen LogP contribution is 2.25. The maximum atomic E-state index is 13.0. The Balaban J connectivity index is 2.15. The smallest absolute Gasteiger partial charge is 0.318 e. The maximum absolute atomic E-state index is 13.0. The summed E-state index contributed by atoms with van der Waals surface area (Å²) in [4.78, 5) is 12.3. The lowest BCUT2D eigenvalue weighted by molar-refractivity contribution is -0.136. The number of rotatable bonds is 6. The van der Waals surface area contributed by atoms with Crippen molar-refractivity contribution >= 4 is 17.6 Å². The van der Waals surface area contributed by atoms with E-state index in [1.54, 1.807) is 36.4 Å². The average molecular weight is 307 g/mol. The van der Waals surface area contributed by atoms with E-state index in [9.17, 15) is 9.18 Å². The Bertz CT molecular complexity index is 569. The molecule has 2 nitrogen and oxygen atoms in total. The second-order valence-electron chi connectivity index (χ2n) is 4.67. The lowest BCUT2D eigenvalue weighted by atomic mass is 9.94. The van der Waals surface area contributed by atoms with Gasteiger partial charge in [-0.3, -0.25) is 4.79 Å². The molecule has 0 spiro atoms. The van der Waals surface area contributed by atoms with Crippen molar-refractivity contribution in [3.8, 4) is 5.75 Å². The summed E-state index contributed by atoms with van der Waals surface area (Å²) in [5, 5.41) is 0. The summed E-state index contributed by atoms with van der Waals surface area (Å²) in [6.07, 6.45) is 1.26. The SMILES string of the molecule is O=C(Oc1ccccc1)C(CCCCl)c1ccc(F)cc1. The van der Waals surface area contributed by atoms with Gasteiger partial charge in [-0.15, -0.1) is 11.6 Å². The summed E-state index contributed by atoms with van der Waals surface area (Å²) < 4.78 is 18.4. The van der Waals surface area contributed by atoms with Crippen LogP contribution in [-0.2, 0) is 4.79 Å². The quantitative estimate of drug-likeness (QED) is 0.445. The lowest BCUT2D eigenvalue weighted by Crippen LogP contribution is -2.19. The number of hydrogen-bond donors (Lipinski definition) is 0. The van der Waals surface area contributed by atoms with E-state index in [1.807, 2.05) is 6.07 Å². The zero-order valence-corrected chi connectivity index (χ0v) is 12.2. The minimum Gasteiger partial charge on any atom is -0.426 e. The first-order valence-corrected chi connectivity index (χ1v) is 7.32. The van der Waals surface area contributed by atoms with Crippen LogP contribution in [0.25, 0.3) is 0 Å². The monoisotopic (exact) mass is 306 g/mol. The zero-order valence-electron chi connectivity index (χ0n) is 11.5. The highest BCUT2D eigenvalue weighted by Gasteiger charge is 2.22. The van der Waals surface area contributed by atoms with Gasteiger partial charge in [-0.1, -0.05) is 30.3 Å². The number of ether oxygens (including phenoxy) is 1. The number of para-hydroxylation sites is 1. The Morgan fingerprint density at radius 3 is 2.38 bits per heavy atom. The number of carbonyl (C=O) groups excluding carboxylic acids is 1. The molecule has 0 aliphatic heterocycles. The molecule has 0 aliphatic rings. The molecule has 4 heteroatoms. The minimum atomic E-state index is -0.440. The van der Waals surface area contributed by atoms with Crippen molar-refractivity contribution < 1.29 is 13.9 Å². The van der Waals surface area contributed by atoms with Gasteiger partial charge in [0, 0.05) is 5.88 Å². The first-order chi connectivity index (χ1) is 10.2. The molecular weight excluding hydrogens is 291 g/mol. The normalized spacial score (nSPS) is 11.9. The Hall–Kier alpha value is -1.87. The Labute approximate surface area is 128 Å². The second kappa shape index (κ2) is 7.79. The number of esters is 1. The van der Waals surface area contributed by atoms with Crippen LogP contribution in [0.15, 0.2) is 54.6 Å². The molecule has 0 N–H and O–H groups in total. The highest BCUT2D eigenvalue weighted by molar-refractivity contribution is 6.17. The van der Waals surface area contributed by atoms with Gasteiger partial charge in [-0.05, 0) is 42.7 Å². The van der Waals surface area contributed by atoms with Gasteiger partial charge in [0.1, 0.15) is 11.6 Å². The van der Waals surface area contributed by atoms with Crippen molar-refractivity contribution in [2.45, 2.75) is 18.8 Å². The van der Waals surface area contributed by atoms with Crippen LogP contribution in [0.3, 0.4) is 0 Å². The summed E-state index contributed by atoms with van der Waals surface area (Å²) in [6, 6.07) is 14.8. The molecule has 0 aromatic heterocycles. The molecule has 0 radical (unpaired) electrons. The zero-order chi connectivity index (χ0) is 15.1. The van der Waals surface area contributed by atoms with Crippen LogP contribution in [0.5, 0.6) is 5.75 Å². The fraction of sp³-hybridized carbons (Fsp3) is 0.235. The Morgan fingerprint density at radius 2 is 1.76 bits per heavy atom. The summed E-state index contributed by atoms with van der Waals surface area (Å²) in [5.41, 5.74) is 0.738. The molecule has 2 rings (SSSR count). The first-order valence-electron chi connectivity index (χ1n) is 6.79. The first kappa shape index (κ1) is 15.5. The molecule has 0 amide bonds. The lowest BCUT2D eigenvalue weighted by Gasteiger charge is -2.16. The molecule has 0 heterocycles. The van der Waals surface area contributed by atoms with Crippen molar-refractivity contribution in [1.82, 2.24) is 0 Å². The van der Waals surface area contributed by atoms with Crippen molar-refractivity contribution in [1.29, 1.82) is 0 Å². The van der Waals surface area contributed by atoms with Gasteiger partial charge in [-0.25, -0.2) is 4.39 Å². The molecule has 0 saturated heterocycles. The highest BCUT2D eigenvalue weighted by atomic mass is 35.5. The maximum Gasteiger partial charge on any atom is 0.318 e. The van der Waals surface area contributed by atoms with Crippen LogP contribution >= 0.6 is 11.6 Å². The molecule has 2 aromatic carbocycles. The molecular formula is C17H16ClFO2. The third-order valence-electron chi connectivity index (χ3n) is 3.14. The molecule has 0 bridgehead atoms. The fourth-order valence-corrected chi connectivity index (χ4v) is 2.23. The largest absolute Gasteiger partial charge is 0.426 e. The van der Waals surface area contributed by atoms with E-state index < -0.39 is 5.92 Å². The van der Waals surface area contributed by atoms with Crippen LogP contribution in [0.2, 0.25) is 0 Å². The number of carbonyl (C=O) groups is 1. The number of halogens is 2. The van der Waals surface area contributed by atoms with E-state index in [0.29, 0.717) is 24.5 Å². The standard InChI is InChI=1S/C17H16ClFO2/c18-12-4-7-16(13-8-10-14(19)11-9-13)17(20)21-15-5-2-1-3-6-15/h1-3,5-6,8-11,16H,4,7,12H2. The summed E-state index contributed by atoms with van der Waals surface area (Å²) >= 11 is 5.71. The Kier molecular flexibility index (Phi) is 5.76. The van der Waals surface area contributed by atoms with E-state index in [0.717, 1.165) is 5.56 Å². The van der Waals surface area contributed by atoms with E-state index in [1.165, 1.54) is 12.1 Å². The van der Waals surface area contributed by atoms with E-state index in [-0.39, 0.29) is 11.8 Å². The van der Waals surface area contributed by atoms with Crippen molar-refractivity contribution in [3.05, 3.63) is 66.0 Å². The molecule has 110 valence electrons. The van der Waals surface area contributed by atoms with Crippen molar-refractivity contribution in [2.75, 3.05) is 5.88 Å². The molecule has 0 saturated carbocycles. The fourth-order valence-electron chi connectivity index (χ4n) is 2.07. The number of hydrogen-bond acceptors (Lipinski definition) is 2. The number of alkyl halides is 1. The van der Waals surface area contributed by atoms with Crippen LogP contribution < -0.4 is 4.74 Å². The van der Waals surface area contributed by atoms with Crippen molar-refractivity contribution in [2.24, 2.45) is 0 Å². The van der Waals surface area contributed by atoms with Crippen LogP contribution in [0, 0.1) is 5.82 Å². The topological polar surface area (TPSA) is 26.3 Å². The average Bonchev–Trinajstić information content (AvgIpc) is 2.50. The number of benzene rings is 2. The van der Waals surface area contributed by atoms with Gasteiger partial charge < -0.3 is 4.74 Å². The second-order valence-corrected chi connectivity index (χ2v) is 5.05. The summed E-state index contributed by atoms with van der Waals surface area (Å²) in [6.45, 7) is 0. The van der Waals surface area contributed by atoms with Crippen LogP contribution in [0.1, 0.15) is 24.3 Å². The van der Waals surface area contributed by atoms with Gasteiger partial charge in [0.25, 0.3) is 0 Å². The predicted molar refractivity (Wildman–Crippen MR) is 81.2 cm³/mol. The Morgan fingerprint density at radius 1 is 1.10 bits per heavy atom. The third kappa shape index (κ3) is 4.57. The molecule has 1 unspecified atom stereocenters. The molecule has 2 aromatic rings. The predicted octanol–water partition coefficient (Wildman–Crippen LogP) is 4.53. The minimum absolute atomic E-state index is 0.328. The third-order valence-corrected chi connectivity index (χ3v) is 3.41. The van der Waals surface area contributed by atoms with E-state index in [2.05, 4.69) is 0 Å². The van der Waals surface area contributed by atoms with Gasteiger partial charge in [0.2, 0.25) is 0 Å².